The van der Waals surface area contributed by atoms with Gasteiger partial charge in [0.05, 0.1) is 25.3 Å². The van der Waals surface area contributed by atoms with Crippen LogP contribution in [-0.4, -0.2) is 25.0 Å². The van der Waals surface area contributed by atoms with E-state index in [-0.39, 0.29) is 10.9 Å². The molecule has 114 valence electrons. The number of fused-ring (bicyclic) bond motifs is 5. The molecule has 0 unspecified atom stereocenters. The number of aromatic nitrogens is 1. The van der Waals surface area contributed by atoms with Gasteiger partial charge in [-0.15, -0.1) is 0 Å². The minimum atomic E-state index is -0.121. The molecule has 0 spiro atoms. The van der Waals surface area contributed by atoms with Crippen LogP contribution in [0.2, 0.25) is 5.15 Å². The molecule has 1 heterocycles. The summed E-state index contributed by atoms with van der Waals surface area (Å²) in [6, 6.07) is 11.0. The van der Waals surface area contributed by atoms with Crippen molar-refractivity contribution in [2.24, 2.45) is 0 Å². The number of pyridine rings is 1. The zero-order chi connectivity index (χ0) is 16.1. The van der Waals surface area contributed by atoms with Crippen molar-refractivity contribution in [2.45, 2.75) is 0 Å². The molecule has 0 saturated carbocycles. The van der Waals surface area contributed by atoms with Gasteiger partial charge in [0.1, 0.15) is 16.7 Å². The summed E-state index contributed by atoms with van der Waals surface area (Å²) in [6.45, 7) is 0. The van der Waals surface area contributed by atoms with E-state index in [1.807, 2.05) is 30.3 Å². The van der Waals surface area contributed by atoms with Crippen molar-refractivity contribution < 1.29 is 14.3 Å². The SMILES string of the molecule is COc1ccc2c(c1)C(=O)c1c(Cl)nc3cc(OC)ccc3c1-2. The highest BCUT2D eigenvalue weighted by atomic mass is 35.5. The van der Waals surface area contributed by atoms with Crippen LogP contribution in [0, 0.1) is 0 Å². The Balaban J connectivity index is 2.09. The highest BCUT2D eigenvalue weighted by Crippen LogP contribution is 2.44. The molecule has 4 nitrogen and oxygen atoms in total. The standard InChI is InChI=1S/C18H12ClNO3/c1-22-9-3-5-11-13(7-9)17(21)16-15(11)12-6-4-10(23-2)8-14(12)20-18(16)19/h3-8H,1-2H3. The molecule has 0 fully saturated rings. The lowest BCUT2D eigenvalue weighted by Gasteiger charge is -2.09. The molecular weight excluding hydrogens is 314 g/mol. The maximum atomic E-state index is 12.7. The highest BCUT2D eigenvalue weighted by Gasteiger charge is 2.32. The number of hydrogen-bond acceptors (Lipinski definition) is 4. The van der Waals surface area contributed by atoms with Crippen molar-refractivity contribution >= 4 is 28.3 Å². The van der Waals surface area contributed by atoms with Gasteiger partial charge in [-0.05, 0) is 35.9 Å². The molecule has 23 heavy (non-hydrogen) atoms. The Labute approximate surface area is 137 Å². The number of carbonyl (C=O) groups is 1. The van der Waals surface area contributed by atoms with Gasteiger partial charge in [0, 0.05) is 22.6 Å². The molecule has 5 heteroatoms. The molecule has 0 N–H and O–H groups in total. The van der Waals surface area contributed by atoms with Gasteiger partial charge in [-0.2, -0.15) is 0 Å². The molecule has 2 aromatic carbocycles. The van der Waals surface area contributed by atoms with Crippen molar-refractivity contribution in [3.63, 3.8) is 0 Å². The molecule has 0 radical (unpaired) electrons. The Bertz CT molecular complexity index is 982. The van der Waals surface area contributed by atoms with Gasteiger partial charge in [-0.1, -0.05) is 11.6 Å². The molecule has 4 rings (SSSR count). The Morgan fingerprint density at radius 2 is 1.61 bits per heavy atom. The number of carbonyl (C=O) groups excluding carboxylic acids is 1. The third-order valence-corrected chi connectivity index (χ3v) is 4.39. The summed E-state index contributed by atoms with van der Waals surface area (Å²) in [5, 5.41) is 1.09. The number of methoxy groups -OCH3 is 2. The van der Waals surface area contributed by atoms with Crippen LogP contribution in [0.4, 0.5) is 0 Å². The van der Waals surface area contributed by atoms with Crippen LogP contribution in [0.15, 0.2) is 36.4 Å². The van der Waals surface area contributed by atoms with Crippen LogP contribution in [0.5, 0.6) is 11.5 Å². The minimum Gasteiger partial charge on any atom is -0.497 e. The Morgan fingerprint density at radius 1 is 0.913 bits per heavy atom. The minimum absolute atomic E-state index is 0.121. The lowest BCUT2D eigenvalue weighted by Crippen LogP contribution is -1.98. The second-order valence-corrected chi connectivity index (χ2v) is 5.63. The molecule has 1 aliphatic carbocycles. The topological polar surface area (TPSA) is 48.4 Å². The molecule has 0 aliphatic heterocycles. The summed E-state index contributed by atoms with van der Waals surface area (Å²) >= 11 is 6.30. The number of rotatable bonds is 2. The summed E-state index contributed by atoms with van der Waals surface area (Å²) in [7, 11) is 3.17. The summed E-state index contributed by atoms with van der Waals surface area (Å²) in [4.78, 5) is 17.1. The van der Waals surface area contributed by atoms with E-state index in [1.54, 1.807) is 20.3 Å². The first kappa shape index (κ1) is 14.0. The number of benzene rings is 2. The Morgan fingerprint density at radius 3 is 2.35 bits per heavy atom. The number of halogens is 1. The van der Waals surface area contributed by atoms with E-state index in [0.29, 0.717) is 28.1 Å². The van der Waals surface area contributed by atoms with E-state index >= 15 is 0 Å². The van der Waals surface area contributed by atoms with Gasteiger partial charge >= 0.3 is 0 Å². The largest absolute Gasteiger partial charge is 0.497 e. The number of ketones is 1. The second-order valence-electron chi connectivity index (χ2n) is 5.28. The lowest BCUT2D eigenvalue weighted by atomic mass is 10.0. The van der Waals surface area contributed by atoms with Gasteiger partial charge in [0.25, 0.3) is 0 Å². The smallest absolute Gasteiger partial charge is 0.197 e. The van der Waals surface area contributed by atoms with Crippen LogP contribution in [-0.2, 0) is 0 Å². The molecular formula is C18H12ClNO3. The summed E-state index contributed by atoms with van der Waals surface area (Å²) < 4.78 is 10.5. The monoisotopic (exact) mass is 325 g/mol. The molecule has 0 amide bonds. The molecule has 1 aromatic heterocycles. The van der Waals surface area contributed by atoms with Gasteiger partial charge in [0.2, 0.25) is 0 Å². The van der Waals surface area contributed by atoms with Crippen LogP contribution in [0.3, 0.4) is 0 Å². The summed E-state index contributed by atoms with van der Waals surface area (Å²) in [5.41, 5.74) is 3.42. The van der Waals surface area contributed by atoms with E-state index in [9.17, 15) is 4.79 Å². The second kappa shape index (κ2) is 4.96. The molecule has 0 atom stereocenters. The third kappa shape index (κ3) is 1.92. The fraction of sp³-hybridized carbons (Fsp3) is 0.111. The van der Waals surface area contributed by atoms with Crippen molar-refractivity contribution in [1.29, 1.82) is 0 Å². The van der Waals surface area contributed by atoms with E-state index in [0.717, 1.165) is 16.5 Å². The lowest BCUT2D eigenvalue weighted by molar-refractivity contribution is 0.104. The van der Waals surface area contributed by atoms with Crippen molar-refractivity contribution in [3.8, 4) is 22.6 Å². The highest BCUT2D eigenvalue weighted by molar-refractivity contribution is 6.38. The molecule has 0 bridgehead atoms. The predicted molar refractivity (Wildman–Crippen MR) is 88.7 cm³/mol. The molecule has 0 saturated heterocycles. The van der Waals surface area contributed by atoms with Crippen LogP contribution in [0.25, 0.3) is 22.0 Å². The zero-order valence-electron chi connectivity index (χ0n) is 12.5. The average molecular weight is 326 g/mol. The van der Waals surface area contributed by atoms with E-state index in [2.05, 4.69) is 4.98 Å². The van der Waals surface area contributed by atoms with Crippen LogP contribution < -0.4 is 9.47 Å². The van der Waals surface area contributed by atoms with Gasteiger partial charge in [-0.3, -0.25) is 4.79 Å². The fourth-order valence-electron chi connectivity index (χ4n) is 3.02. The Kier molecular flexibility index (Phi) is 3.03. The first-order valence-electron chi connectivity index (χ1n) is 7.04. The quantitative estimate of drug-likeness (QED) is 0.520. The Hall–Kier alpha value is -2.59. The van der Waals surface area contributed by atoms with Gasteiger partial charge in [-0.25, -0.2) is 4.98 Å². The van der Waals surface area contributed by atoms with Crippen molar-refractivity contribution in [3.05, 3.63) is 52.7 Å². The molecule has 1 aliphatic rings. The van der Waals surface area contributed by atoms with Gasteiger partial charge < -0.3 is 9.47 Å². The van der Waals surface area contributed by atoms with E-state index in [1.165, 1.54) is 0 Å². The number of nitrogens with zero attached hydrogens (tertiary/aromatic N) is 1. The normalized spacial score (nSPS) is 12.2. The number of hydrogen-bond donors (Lipinski definition) is 0. The molecule has 3 aromatic rings. The zero-order valence-corrected chi connectivity index (χ0v) is 13.3. The first-order chi connectivity index (χ1) is 11.1. The van der Waals surface area contributed by atoms with Crippen LogP contribution >= 0.6 is 11.6 Å². The maximum absolute atomic E-state index is 12.7. The summed E-state index contributed by atoms with van der Waals surface area (Å²) in [6.07, 6.45) is 0. The van der Waals surface area contributed by atoms with E-state index in [4.69, 9.17) is 21.1 Å². The average Bonchev–Trinajstić information content (AvgIpc) is 2.87. The summed E-state index contributed by atoms with van der Waals surface area (Å²) in [5.74, 6) is 1.21. The predicted octanol–water partition coefficient (Wildman–Crippen LogP) is 4.12. The van der Waals surface area contributed by atoms with Crippen LogP contribution in [0.1, 0.15) is 15.9 Å². The maximum Gasteiger partial charge on any atom is 0.197 e. The number of ether oxygens (including phenoxy) is 2. The van der Waals surface area contributed by atoms with E-state index < -0.39 is 0 Å². The third-order valence-electron chi connectivity index (χ3n) is 4.12. The van der Waals surface area contributed by atoms with Gasteiger partial charge in [0.15, 0.2) is 5.78 Å². The van der Waals surface area contributed by atoms with Crippen molar-refractivity contribution in [1.82, 2.24) is 4.98 Å². The fourth-order valence-corrected chi connectivity index (χ4v) is 3.29. The first-order valence-corrected chi connectivity index (χ1v) is 7.42. The van der Waals surface area contributed by atoms with Crippen molar-refractivity contribution in [2.75, 3.05) is 14.2 Å².